The fourth-order valence-electron chi connectivity index (χ4n) is 3.76. The predicted molar refractivity (Wildman–Crippen MR) is 129 cm³/mol. The number of aliphatic hydroxyl groups is 1. The van der Waals surface area contributed by atoms with Crippen LogP contribution >= 0.6 is 24.0 Å². The van der Waals surface area contributed by atoms with Gasteiger partial charge in [-0.15, -0.1) is 24.0 Å². The summed E-state index contributed by atoms with van der Waals surface area (Å²) in [7, 11) is 0. The average molecular weight is 527 g/mol. The Bertz CT molecular complexity index is 442. The van der Waals surface area contributed by atoms with Crippen molar-refractivity contribution in [1.82, 2.24) is 15.5 Å². The number of hydrogen-bond donors (Lipinski definition) is 3. The molecule has 1 aliphatic carbocycles. The highest BCUT2D eigenvalue weighted by Crippen LogP contribution is 2.28. The van der Waals surface area contributed by atoms with Crippen molar-refractivity contribution in [3.8, 4) is 0 Å². The standard InChI is InChI=1S/C21H42N4O3.HI/c1-4-18(5-2)20(25-9-11-27-12-10-25)14-24-21(22-6-3)23-13-19(26)16-28-15-17-7-8-17;/h17-20,26H,4-16H2,1-3H3,(H2,22,23,24);1H. The molecule has 8 heteroatoms. The van der Waals surface area contributed by atoms with Gasteiger partial charge < -0.3 is 25.2 Å². The van der Waals surface area contributed by atoms with Gasteiger partial charge in [0, 0.05) is 38.8 Å². The highest BCUT2D eigenvalue weighted by molar-refractivity contribution is 14.0. The molecule has 2 atom stereocenters. The van der Waals surface area contributed by atoms with Crippen molar-refractivity contribution in [2.45, 2.75) is 58.6 Å². The summed E-state index contributed by atoms with van der Waals surface area (Å²) in [6, 6.07) is 0.432. The van der Waals surface area contributed by atoms with Gasteiger partial charge in [0.25, 0.3) is 0 Å². The first kappa shape index (κ1) is 26.9. The maximum atomic E-state index is 10.2. The first-order valence-corrected chi connectivity index (χ1v) is 11.3. The summed E-state index contributed by atoms with van der Waals surface area (Å²) in [5, 5.41) is 16.7. The molecule has 0 bridgehead atoms. The van der Waals surface area contributed by atoms with E-state index in [-0.39, 0.29) is 24.0 Å². The fourth-order valence-corrected chi connectivity index (χ4v) is 3.76. The highest BCUT2D eigenvalue weighted by Gasteiger charge is 2.27. The van der Waals surface area contributed by atoms with Crippen molar-refractivity contribution in [2.75, 3.05) is 59.2 Å². The molecule has 0 aromatic rings. The smallest absolute Gasteiger partial charge is 0.191 e. The van der Waals surface area contributed by atoms with E-state index < -0.39 is 6.10 Å². The average Bonchev–Trinajstić information content (AvgIpc) is 3.54. The van der Waals surface area contributed by atoms with Crippen LogP contribution in [-0.2, 0) is 9.47 Å². The third kappa shape index (κ3) is 10.6. The van der Waals surface area contributed by atoms with Crippen molar-refractivity contribution in [2.24, 2.45) is 16.8 Å². The van der Waals surface area contributed by atoms with Gasteiger partial charge in [0.05, 0.1) is 32.5 Å². The van der Waals surface area contributed by atoms with Crippen LogP contribution in [0.3, 0.4) is 0 Å². The second kappa shape index (κ2) is 15.6. The van der Waals surface area contributed by atoms with E-state index >= 15 is 0 Å². The van der Waals surface area contributed by atoms with Crippen molar-refractivity contribution in [3.05, 3.63) is 0 Å². The van der Waals surface area contributed by atoms with Gasteiger partial charge in [0.1, 0.15) is 0 Å². The monoisotopic (exact) mass is 526 g/mol. The number of hydrogen-bond acceptors (Lipinski definition) is 5. The van der Waals surface area contributed by atoms with Crippen LogP contribution < -0.4 is 10.6 Å². The van der Waals surface area contributed by atoms with Crippen molar-refractivity contribution in [1.29, 1.82) is 0 Å². The molecule has 1 saturated heterocycles. The van der Waals surface area contributed by atoms with Crippen LogP contribution in [0.5, 0.6) is 0 Å². The molecule has 29 heavy (non-hydrogen) atoms. The number of morpholine rings is 1. The zero-order valence-corrected chi connectivity index (χ0v) is 20.9. The Hall–Kier alpha value is -0.160. The van der Waals surface area contributed by atoms with Crippen LogP contribution in [0.1, 0.15) is 46.5 Å². The molecule has 2 unspecified atom stereocenters. The van der Waals surface area contributed by atoms with E-state index in [0.29, 0.717) is 25.1 Å². The minimum Gasteiger partial charge on any atom is -0.389 e. The van der Waals surface area contributed by atoms with E-state index in [2.05, 4.69) is 36.3 Å². The molecule has 2 aliphatic rings. The second-order valence-corrected chi connectivity index (χ2v) is 8.03. The van der Waals surface area contributed by atoms with E-state index in [0.717, 1.165) is 70.7 Å². The van der Waals surface area contributed by atoms with Crippen LogP contribution in [0, 0.1) is 11.8 Å². The Labute approximate surface area is 194 Å². The lowest BCUT2D eigenvalue weighted by Crippen LogP contribution is -2.49. The molecule has 1 saturated carbocycles. The molecule has 2 rings (SSSR count). The van der Waals surface area contributed by atoms with Gasteiger partial charge in [0.15, 0.2) is 5.96 Å². The molecule has 172 valence electrons. The number of nitrogens with one attached hydrogen (secondary N) is 2. The summed E-state index contributed by atoms with van der Waals surface area (Å²) in [6.07, 6.45) is 4.35. The number of ether oxygens (including phenoxy) is 2. The van der Waals surface area contributed by atoms with Gasteiger partial charge in [-0.25, -0.2) is 0 Å². The van der Waals surface area contributed by atoms with Crippen LogP contribution in [-0.4, -0.2) is 87.3 Å². The zero-order chi connectivity index (χ0) is 20.2. The number of nitrogens with zero attached hydrogens (tertiary/aromatic N) is 2. The third-order valence-electron chi connectivity index (χ3n) is 5.75. The maximum Gasteiger partial charge on any atom is 0.191 e. The predicted octanol–water partition coefficient (Wildman–Crippen LogP) is 2.08. The second-order valence-electron chi connectivity index (χ2n) is 8.03. The highest BCUT2D eigenvalue weighted by atomic mass is 127. The van der Waals surface area contributed by atoms with Gasteiger partial charge in [-0.05, 0) is 31.6 Å². The van der Waals surface area contributed by atoms with Gasteiger partial charge in [-0.3, -0.25) is 9.89 Å². The van der Waals surface area contributed by atoms with Crippen LogP contribution in [0.4, 0.5) is 0 Å². The summed E-state index contributed by atoms with van der Waals surface area (Å²) in [5.74, 6) is 2.13. The van der Waals surface area contributed by atoms with Crippen LogP contribution in [0.15, 0.2) is 4.99 Å². The molecule has 1 heterocycles. The minimum absolute atomic E-state index is 0. The molecule has 0 aromatic carbocycles. The number of rotatable bonds is 13. The molecule has 7 nitrogen and oxygen atoms in total. The molecule has 3 N–H and O–H groups in total. The van der Waals surface area contributed by atoms with Crippen LogP contribution in [0.25, 0.3) is 0 Å². The van der Waals surface area contributed by atoms with Crippen molar-refractivity contribution >= 4 is 29.9 Å². The Morgan fingerprint density at radius 3 is 2.45 bits per heavy atom. The Morgan fingerprint density at radius 2 is 1.86 bits per heavy atom. The van der Waals surface area contributed by atoms with Gasteiger partial charge >= 0.3 is 0 Å². The van der Waals surface area contributed by atoms with Gasteiger partial charge in [-0.2, -0.15) is 0 Å². The summed E-state index contributed by atoms with van der Waals surface area (Å²) in [5.41, 5.74) is 0. The maximum absolute atomic E-state index is 10.2. The molecule has 2 fully saturated rings. The Morgan fingerprint density at radius 1 is 1.17 bits per heavy atom. The lowest BCUT2D eigenvalue weighted by molar-refractivity contribution is 0.00393. The largest absolute Gasteiger partial charge is 0.389 e. The number of halogens is 1. The quantitative estimate of drug-likeness (QED) is 0.194. The van der Waals surface area contributed by atoms with Crippen LogP contribution in [0.2, 0.25) is 0 Å². The Balaban J connectivity index is 0.00000420. The molecule has 1 aliphatic heterocycles. The Kier molecular flexibility index (Phi) is 14.5. The lowest BCUT2D eigenvalue weighted by atomic mass is 9.92. The van der Waals surface area contributed by atoms with E-state index in [9.17, 15) is 5.11 Å². The van der Waals surface area contributed by atoms with E-state index in [1.165, 1.54) is 12.8 Å². The molecule has 0 amide bonds. The summed E-state index contributed by atoms with van der Waals surface area (Å²) < 4.78 is 11.1. The molecule has 0 radical (unpaired) electrons. The number of aliphatic imine (C=N–C) groups is 1. The number of aliphatic hydroxyl groups excluding tert-OH is 1. The van der Waals surface area contributed by atoms with Crippen molar-refractivity contribution < 1.29 is 14.6 Å². The normalized spacial score (nSPS) is 20.2. The first-order valence-electron chi connectivity index (χ1n) is 11.3. The van der Waals surface area contributed by atoms with Gasteiger partial charge in [0.2, 0.25) is 0 Å². The van der Waals surface area contributed by atoms with E-state index in [1.54, 1.807) is 0 Å². The molecular weight excluding hydrogens is 483 g/mol. The molecule has 0 spiro atoms. The number of guanidine groups is 1. The third-order valence-corrected chi connectivity index (χ3v) is 5.75. The zero-order valence-electron chi connectivity index (χ0n) is 18.6. The van der Waals surface area contributed by atoms with Gasteiger partial charge in [-0.1, -0.05) is 26.7 Å². The summed E-state index contributed by atoms with van der Waals surface area (Å²) in [6.45, 7) is 13.4. The van der Waals surface area contributed by atoms with E-state index in [4.69, 9.17) is 14.5 Å². The minimum atomic E-state index is -0.517. The summed E-state index contributed by atoms with van der Waals surface area (Å²) in [4.78, 5) is 7.39. The lowest BCUT2D eigenvalue weighted by Gasteiger charge is -2.38. The topological polar surface area (TPSA) is 78.4 Å². The fraction of sp³-hybridized carbons (Fsp3) is 0.952. The SMILES string of the molecule is CCNC(=NCC(C(CC)CC)N1CCOCC1)NCC(O)COCC1CC1.I. The summed E-state index contributed by atoms with van der Waals surface area (Å²) >= 11 is 0. The first-order chi connectivity index (χ1) is 13.7. The molecule has 0 aromatic heterocycles. The van der Waals surface area contributed by atoms with E-state index in [1.807, 2.05) is 0 Å². The molecular formula is C21H43IN4O3. The van der Waals surface area contributed by atoms with Crippen molar-refractivity contribution in [3.63, 3.8) is 0 Å².